The van der Waals surface area contributed by atoms with E-state index in [0.29, 0.717) is 37.0 Å². The van der Waals surface area contributed by atoms with Crippen molar-refractivity contribution in [3.05, 3.63) is 40.9 Å². The van der Waals surface area contributed by atoms with Crippen molar-refractivity contribution in [3.8, 4) is 5.75 Å². The maximum Gasteiger partial charge on any atom is 0.246 e. The molecule has 1 aromatic carbocycles. The second kappa shape index (κ2) is 10.5. The molecular weight excluding hydrogens is 429 g/mol. The van der Waals surface area contributed by atoms with Crippen LogP contribution in [0.2, 0.25) is 5.02 Å². The Morgan fingerprint density at radius 1 is 1.17 bits per heavy atom. The molecule has 2 heterocycles. The molecule has 2 aliphatic heterocycles. The van der Waals surface area contributed by atoms with Gasteiger partial charge < -0.3 is 14.9 Å². The molecule has 1 aromatic rings. The number of piperazine rings is 1. The molecule has 8 heteroatoms. The molecule has 2 aliphatic rings. The number of nitrogens with zero attached hydrogens (tertiary/aromatic N) is 3. The summed E-state index contributed by atoms with van der Waals surface area (Å²) in [6, 6.07) is 3.85. The molecule has 2 saturated heterocycles. The first kappa shape index (κ1) is 23.8. The van der Waals surface area contributed by atoms with E-state index in [9.17, 15) is 14.7 Å². The van der Waals surface area contributed by atoms with Gasteiger partial charge in [-0.25, -0.2) is 0 Å². The van der Waals surface area contributed by atoms with Crippen LogP contribution < -0.4 is 0 Å². The van der Waals surface area contributed by atoms with Crippen molar-refractivity contribution in [1.82, 2.24) is 14.7 Å². The van der Waals surface area contributed by atoms with Crippen LogP contribution in [0.25, 0.3) is 0 Å². The van der Waals surface area contributed by atoms with Crippen molar-refractivity contribution in [1.29, 1.82) is 0 Å². The minimum atomic E-state index is -0.0135. The monoisotopic (exact) mass is 456 g/mol. The number of hydrogen-bond donors (Lipinski definition) is 1. The van der Waals surface area contributed by atoms with Gasteiger partial charge in [-0.2, -0.15) is 0 Å². The third kappa shape index (κ3) is 5.57. The van der Waals surface area contributed by atoms with Gasteiger partial charge in [0.15, 0.2) is 0 Å². The summed E-state index contributed by atoms with van der Waals surface area (Å²) in [6.07, 6.45) is 2.96. The van der Waals surface area contributed by atoms with Gasteiger partial charge >= 0.3 is 0 Å². The minimum absolute atomic E-state index is 0. The van der Waals surface area contributed by atoms with E-state index in [0.717, 1.165) is 43.7 Å². The topological polar surface area (TPSA) is 64.1 Å². The van der Waals surface area contributed by atoms with Crippen LogP contribution >= 0.6 is 11.6 Å². The molecular formula is C21H28ClN3O3V. The molecule has 1 N–H and O–H groups in total. The molecule has 2 amide bonds. The Balaban J connectivity index is 0.00000300. The van der Waals surface area contributed by atoms with Gasteiger partial charge in [0.05, 0.1) is 0 Å². The molecule has 3 rings (SSSR count). The fraction of sp³-hybridized carbons (Fsp3) is 0.524. The molecule has 0 atom stereocenters. The van der Waals surface area contributed by atoms with Crippen molar-refractivity contribution >= 4 is 23.4 Å². The van der Waals surface area contributed by atoms with Gasteiger partial charge in [0.2, 0.25) is 11.8 Å². The number of carbonyl (C=O) groups excluding carboxylic acids is 2. The number of rotatable bonds is 6. The van der Waals surface area contributed by atoms with Crippen LogP contribution in [0.1, 0.15) is 24.5 Å². The first-order valence-corrected chi connectivity index (χ1v) is 10.2. The van der Waals surface area contributed by atoms with Gasteiger partial charge in [0, 0.05) is 75.3 Å². The number of carbonyl (C=O) groups is 2. The van der Waals surface area contributed by atoms with E-state index in [1.165, 1.54) is 6.08 Å². The average Bonchev–Trinajstić information content (AvgIpc) is 2.67. The van der Waals surface area contributed by atoms with Crippen molar-refractivity contribution in [2.24, 2.45) is 0 Å². The molecule has 1 radical (unpaired) electrons. The number of halogens is 1. The van der Waals surface area contributed by atoms with Crippen LogP contribution in [-0.2, 0) is 41.0 Å². The van der Waals surface area contributed by atoms with E-state index in [-0.39, 0.29) is 36.1 Å². The van der Waals surface area contributed by atoms with Gasteiger partial charge in [-0.15, -0.1) is 0 Å². The van der Waals surface area contributed by atoms with E-state index in [2.05, 4.69) is 11.5 Å². The molecule has 157 valence electrons. The summed E-state index contributed by atoms with van der Waals surface area (Å²) in [5.74, 6) is 0.301. The zero-order valence-electron chi connectivity index (χ0n) is 16.8. The van der Waals surface area contributed by atoms with Crippen molar-refractivity contribution in [2.75, 3.05) is 39.3 Å². The fourth-order valence-corrected chi connectivity index (χ4v) is 4.17. The van der Waals surface area contributed by atoms with Crippen LogP contribution in [-0.4, -0.2) is 76.9 Å². The Morgan fingerprint density at radius 2 is 1.83 bits per heavy atom. The van der Waals surface area contributed by atoms with E-state index >= 15 is 0 Å². The molecule has 0 saturated carbocycles. The third-order valence-electron chi connectivity index (χ3n) is 5.77. The predicted molar refractivity (Wildman–Crippen MR) is 110 cm³/mol. The zero-order chi connectivity index (χ0) is 20.3. The van der Waals surface area contributed by atoms with Crippen molar-refractivity contribution < 1.29 is 33.3 Å². The van der Waals surface area contributed by atoms with Gasteiger partial charge in [-0.05, 0) is 42.2 Å². The molecule has 29 heavy (non-hydrogen) atoms. The quantitative estimate of drug-likeness (QED) is 0.666. The summed E-state index contributed by atoms with van der Waals surface area (Å²) in [5.41, 5.74) is 1.63. The summed E-state index contributed by atoms with van der Waals surface area (Å²) in [4.78, 5) is 30.1. The third-order valence-corrected chi connectivity index (χ3v) is 6.12. The molecule has 0 aromatic heterocycles. The second-order valence-electron chi connectivity index (χ2n) is 7.44. The molecule has 0 bridgehead atoms. The summed E-state index contributed by atoms with van der Waals surface area (Å²) >= 11 is 6.23. The van der Waals surface area contributed by atoms with Crippen LogP contribution in [0, 0.1) is 0 Å². The van der Waals surface area contributed by atoms with E-state index in [1.54, 1.807) is 17.0 Å². The Bertz CT molecular complexity index is 760. The van der Waals surface area contributed by atoms with Gasteiger partial charge in [0.1, 0.15) is 5.75 Å². The summed E-state index contributed by atoms with van der Waals surface area (Å²) < 4.78 is 0. The zero-order valence-corrected chi connectivity index (χ0v) is 19.0. The number of benzene rings is 1. The summed E-state index contributed by atoms with van der Waals surface area (Å²) in [5, 5.41) is 10.8. The molecule has 0 aliphatic carbocycles. The molecule has 6 nitrogen and oxygen atoms in total. The first-order valence-electron chi connectivity index (χ1n) is 9.86. The first-order chi connectivity index (χ1) is 13.4. The van der Waals surface area contributed by atoms with Crippen LogP contribution in [0.4, 0.5) is 0 Å². The second-order valence-corrected chi connectivity index (χ2v) is 7.85. The van der Waals surface area contributed by atoms with Gasteiger partial charge in [-0.3, -0.25) is 14.5 Å². The Morgan fingerprint density at radius 3 is 2.41 bits per heavy atom. The SMILES string of the molecule is C=CC(=O)N1CC(N2CCN(C(=O)CCc3cc(Cl)c(CC)cc3O)CC2)C1.[V]. The number of aryl methyl sites for hydroxylation is 2. The number of phenols is 1. The van der Waals surface area contributed by atoms with Gasteiger partial charge in [-0.1, -0.05) is 25.1 Å². The summed E-state index contributed by atoms with van der Waals surface area (Å²) in [7, 11) is 0. The fourth-order valence-electron chi connectivity index (χ4n) is 3.85. The van der Waals surface area contributed by atoms with Crippen LogP contribution in [0.5, 0.6) is 5.75 Å². The Hall–Kier alpha value is -1.47. The smallest absolute Gasteiger partial charge is 0.246 e. The van der Waals surface area contributed by atoms with E-state index in [4.69, 9.17) is 11.6 Å². The van der Waals surface area contributed by atoms with Crippen molar-refractivity contribution in [3.63, 3.8) is 0 Å². The number of aromatic hydroxyl groups is 1. The van der Waals surface area contributed by atoms with Gasteiger partial charge in [0.25, 0.3) is 0 Å². The standard InChI is InChI=1S/C21H28ClN3O3.V/c1-3-15-12-19(26)16(11-18(15)22)5-6-21(28)24-9-7-23(8-10-24)17-13-25(14-17)20(27)4-2;/h4,11-12,17,26H,2-3,5-10,13-14H2,1H3;. The van der Waals surface area contributed by atoms with Crippen LogP contribution in [0.3, 0.4) is 0 Å². The van der Waals surface area contributed by atoms with Crippen molar-refractivity contribution in [2.45, 2.75) is 32.2 Å². The maximum atomic E-state index is 12.6. The average molecular weight is 457 g/mol. The van der Waals surface area contributed by atoms with E-state index < -0.39 is 0 Å². The number of phenolic OH excluding ortho intramolecular Hbond substituents is 1. The predicted octanol–water partition coefficient (Wildman–Crippen LogP) is 2.08. The number of amides is 2. The maximum absolute atomic E-state index is 12.6. The Labute approximate surface area is 189 Å². The normalized spacial score (nSPS) is 17.4. The molecule has 2 fully saturated rings. The largest absolute Gasteiger partial charge is 0.508 e. The minimum Gasteiger partial charge on any atom is -0.508 e. The Kier molecular flexibility index (Phi) is 8.65. The van der Waals surface area contributed by atoms with E-state index in [1.807, 2.05) is 11.8 Å². The molecule has 0 unspecified atom stereocenters. The summed E-state index contributed by atoms with van der Waals surface area (Å²) in [6.45, 7) is 10.0. The van der Waals surface area contributed by atoms with Crippen LogP contribution in [0.15, 0.2) is 24.8 Å². The number of likely N-dealkylation sites (tertiary alicyclic amines) is 1. The molecule has 0 spiro atoms. The number of hydrogen-bond acceptors (Lipinski definition) is 4.